The van der Waals surface area contributed by atoms with Gasteiger partial charge in [0.1, 0.15) is 5.75 Å². The number of benzene rings is 1. The summed E-state index contributed by atoms with van der Waals surface area (Å²) < 4.78 is 36.0. The van der Waals surface area contributed by atoms with Gasteiger partial charge in [-0.2, -0.15) is 13.2 Å². The monoisotopic (exact) mass is 225 g/mol. The second-order valence-corrected chi connectivity index (χ2v) is 3.20. The fourth-order valence-corrected chi connectivity index (χ4v) is 1.20. The molecule has 1 aromatic carbocycles. The van der Waals surface area contributed by atoms with Gasteiger partial charge in [0.05, 0.1) is 12.1 Å². The van der Waals surface area contributed by atoms with Crippen molar-refractivity contribution >= 4 is 17.3 Å². The van der Waals surface area contributed by atoms with Crippen LogP contribution in [0.3, 0.4) is 0 Å². The standard InChI is InChI=1S/C8H7ClF3NO/c9-5-2-7(14)6(13)1-4(5)3-8(10,11)12/h1-2,14H,3,13H2. The Morgan fingerprint density at radius 2 is 1.93 bits per heavy atom. The quantitative estimate of drug-likeness (QED) is 0.570. The molecule has 0 atom stereocenters. The molecule has 14 heavy (non-hydrogen) atoms. The molecule has 0 amide bonds. The van der Waals surface area contributed by atoms with E-state index in [9.17, 15) is 13.2 Å². The first kappa shape index (κ1) is 11.0. The van der Waals surface area contributed by atoms with Gasteiger partial charge < -0.3 is 10.8 Å². The molecule has 0 saturated heterocycles. The molecule has 78 valence electrons. The van der Waals surface area contributed by atoms with Crippen molar-refractivity contribution < 1.29 is 18.3 Å². The van der Waals surface area contributed by atoms with Crippen LogP contribution in [0.1, 0.15) is 5.56 Å². The fraction of sp³-hybridized carbons (Fsp3) is 0.250. The molecule has 0 aliphatic carbocycles. The number of rotatable bonds is 1. The highest BCUT2D eigenvalue weighted by atomic mass is 35.5. The molecule has 0 heterocycles. The summed E-state index contributed by atoms with van der Waals surface area (Å²) in [4.78, 5) is 0. The lowest BCUT2D eigenvalue weighted by molar-refractivity contribution is -0.127. The van der Waals surface area contributed by atoms with Crippen molar-refractivity contribution in [2.75, 3.05) is 5.73 Å². The van der Waals surface area contributed by atoms with Gasteiger partial charge in [0.25, 0.3) is 0 Å². The minimum Gasteiger partial charge on any atom is -0.506 e. The maximum atomic E-state index is 12.0. The molecule has 6 heteroatoms. The van der Waals surface area contributed by atoms with E-state index in [0.29, 0.717) is 0 Å². The lowest BCUT2D eigenvalue weighted by atomic mass is 10.1. The molecular weight excluding hydrogens is 219 g/mol. The number of phenols is 1. The van der Waals surface area contributed by atoms with Crippen LogP contribution in [0.25, 0.3) is 0 Å². The third-order valence-electron chi connectivity index (χ3n) is 1.59. The van der Waals surface area contributed by atoms with Gasteiger partial charge in [0.2, 0.25) is 0 Å². The number of hydrogen-bond acceptors (Lipinski definition) is 2. The van der Waals surface area contributed by atoms with Crippen LogP contribution in [0, 0.1) is 0 Å². The van der Waals surface area contributed by atoms with Crippen LogP contribution in [-0.2, 0) is 6.42 Å². The van der Waals surface area contributed by atoms with Gasteiger partial charge in [0.15, 0.2) is 0 Å². The van der Waals surface area contributed by atoms with E-state index in [1.807, 2.05) is 0 Å². The maximum absolute atomic E-state index is 12.0. The summed E-state index contributed by atoms with van der Waals surface area (Å²) >= 11 is 5.49. The fourth-order valence-electron chi connectivity index (χ4n) is 0.978. The third-order valence-corrected chi connectivity index (χ3v) is 1.94. The van der Waals surface area contributed by atoms with Crippen molar-refractivity contribution in [2.24, 2.45) is 0 Å². The molecule has 3 N–H and O–H groups in total. The van der Waals surface area contributed by atoms with Gasteiger partial charge in [-0.25, -0.2) is 0 Å². The Morgan fingerprint density at radius 1 is 1.36 bits per heavy atom. The van der Waals surface area contributed by atoms with E-state index in [2.05, 4.69) is 0 Å². The number of alkyl halides is 3. The number of nitrogens with two attached hydrogens (primary N) is 1. The van der Waals surface area contributed by atoms with Crippen molar-refractivity contribution in [1.29, 1.82) is 0 Å². The number of nitrogen functional groups attached to an aromatic ring is 1. The topological polar surface area (TPSA) is 46.2 Å². The summed E-state index contributed by atoms with van der Waals surface area (Å²) in [6, 6.07) is 2.02. The van der Waals surface area contributed by atoms with Gasteiger partial charge >= 0.3 is 6.18 Å². The average Bonchev–Trinajstić information content (AvgIpc) is 1.97. The van der Waals surface area contributed by atoms with Crippen molar-refractivity contribution in [1.82, 2.24) is 0 Å². The Kier molecular flexibility index (Phi) is 2.80. The molecule has 0 bridgehead atoms. The number of phenolic OH excluding ortho intramolecular Hbond substituents is 1. The predicted octanol–water partition coefficient (Wildman–Crippen LogP) is 2.73. The molecule has 0 spiro atoms. The molecule has 0 aliphatic heterocycles. The first-order valence-corrected chi connectivity index (χ1v) is 4.01. The van der Waals surface area contributed by atoms with E-state index in [4.69, 9.17) is 22.4 Å². The summed E-state index contributed by atoms with van der Waals surface area (Å²) in [6.07, 6.45) is -5.50. The lowest BCUT2D eigenvalue weighted by Gasteiger charge is -2.09. The third kappa shape index (κ3) is 2.70. The minimum absolute atomic E-state index is 0.117. The lowest BCUT2D eigenvalue weighted by Crippen LogP contribution is -2.12. The van der Waals surface area contributed by atoms with Crippen LogP contribution in [0.5, 0.6) is 5.75 Å². The van der Waals surface area contributed by atoms with Crippen LogP contribution in [0.2, 0.25) is 5.02 Å². The zero-order valence-corrected chi connectivity index (χ0v) is 7.65. The molecule has 2 nitrogen and oxygen atoms in total. The molecule has 1 rings (SSSR count). The molecule has 0 aromatic heterocycles. The largest absolute Gasteiger partial charge is 0.506 e. The summed E-state index contributed by atoms with van der Waals surface area (Å²) in [5.41, 5.74) is 4.97. The highest BCUT2D eigenvalue weighted by Gasteiger charge is 2.29. The summed E-state index contributed by atoms with van der Waals surface area (Å²) in [6.45, 7) is 0. The Hall–Kier alpha value is -1.10. The van der Waals surface area contributed by atoms with Crippen molar-refractivity contribution in [2.45, 2.75) is 12.6 Å². The van der Waals surface area contributed by atoms with E-state index in [0.717, 1.165) is 12.1 Å². The molecule has 0 fully saturated rings. The molecular formula is C8H7ClF3NO. The SMILES string of the molecule is Nc1cc(CC(F)(F)F)c(Cl)cc1O. The van der Waals surface area contributed by atoms with Crippen LogP contribution >= 0.6 is 11.6 Å². The van der Waals surface area contributed by atoms with Crippen molar-refractivity contribution in [3.63, 3.8) is 0 Å². The normalized spacial score (nSPS) is 11.7. The van der Waals surface area contributed by atoms with Crippen LogP contribution in [-0.4, -0.2) is 11.3 Å². The molecule has 1 aromatic rings. The predicted molar refractivity (Wildman–Crippen MR) is 47.3 cm³/mol. The number of aromatic hydroxyl groups is 1. The Bertz CT molecular complexity index is 351. The van der Waals surface area contributed by atoms with E-state index >= 15 is 0 Å². The zero-order valence-electron chi connectivity index (χ0n) is 6.90. The van der Waals surface area contributed by atoms with Crippen molar-refractivity contribution in [3.8, 4) is 5.75 Å². The Labute approximate surface area is 83.1 Å². The zero-order chi connectivity index (χ0) is 10.9. The van der Waals surface area contributed by atoms with E-state index < -0.39 is 12.6 Å². The first-order chi connectivity index (χ1) is 6.29. The molecule has 0 unspecified atom stereocenters. The summed E-state index contributed by atoms with van der Waals surface area (Å²) in [7, 11) is 0. The van der Waals surface area contributed by atoms with Gasteiger partial charge in [-0.3, -0.25) is 0 Å². The second kappa shape index (κ2) is 3.57. The van der Waals surface area contributed by atoms with E-state index in [1.54, 1.807) is 0 Å². The highest BCUT2D eigenvalue weighted by Crippen LogP contribution is 2.32. The molecule has 0 radical (unpaired) electrons. The first-order valence-electron chi connectivity index (χ1n) is 3.63. The molecule has 0 saturated carbocycles. The van der Waals surface area contributed by atoms with Gasteiger partial charge in [-0.1, -0.05) is 11.6 Å². The number of anilines is 1. The number of halogens is 4. The Morgan fingerprint density at radius 3 is 2.43 bits per heavy atom. The Balaban J connectivity index is 3.04. The second-order valence-electron chi connectivity index (χ2n) is 2.79. The highest BCUT2D eigenvalue weighted by molar-refractivity contribution is 6.31. The van der Waals surface area contributed by atoms with Crippen LogP contribution in [0.15, 0.2) is 12.1 Å². The summed E-state index contributed by atoms with van der Waals surface area (Å²) in [5, 5.41) is 8.89. The average molecular weight is 226 g/mol. The van der Waals surface area contributed by atoms with Crippen LogP contribution in [0.4, 0.5) is 18.9 Å². The molecule has 0 aliphatic rings. The van der Waals surface area contributed by atoms with E-state index in [1.165, 1.54) is 0 Å². The van der Waals surface area contributed by atoms with E-state index in [-0.39, 0.29) is 22.0 Å². The number of hydrogen-bond donors (Lipinski definition) is 2. The van der Waals surface area contributed by atoms with Gasteiger partial charge in [-0.15, -0.1) is 0 Å². The summed E-state index contributed by atoms with van der Waals surface area (Å²) in [5.74, 6) is -0.319. The van der Waals surface area contributed by atoms with Crippen LogP contribution < -0.4 is 5.73 Å². The maximum Gasteiger partial charge on any atom is 0.393 e. The smallest absolute Gasteiger partial charge is 0.393 e. The van der Waals surface area contributed by atoms with Gasteiger partial charge in [0, 0.05) is 11.1 Å². The van der Waals surface area contributed by atoms with Crippen molar-refractivity contribution in [3.05, 3.63) is 22.7 Å². The minimum atomic E-state index is -4.34. The van der Waals surface area contributed by atoms with Gasteiger partial charge in [-0.05, 0) is 11.6 Å².